The van der Waals surface area contributed by atoms with Crippen LogP contribution < -0.4 is 10.6 Å². The minimum atomic E-state index is -0.553. The number of halogens is 1. The maximum atomic E-state index is 13.4. The number of fused-ring (bicyclic) bond motifs is 1. The molecule has 8 nitrogen and oxygen atoms in total. The predicted molar refractivity (Wildman–Crippen MR) is 130 cm³/mol. The Morgan fingerprint density at radius 3 is 2.47 bits per heavy atom. The van der Waals surface area contributed by atoms with Crippen molar-refractivity contribution in [1.82, 2.24) is 4.90 Å². The van der Waals surface area contributed by atoms with Gasteiger partial charge in [0.05, 0.1) is 29.3 Å². The number of nitrogens with one attached hydrogen (secondary N) is 1. The molecule has 2 aromatic carbocycles. The molecule has 0 saturated heterocycles. The van der Waals surface area contributed by atoms with E-state index in [-0.39, 0.29) is 41.9 Å². The van der Waals surface area contributed by atoms with Crippen molar-refractivity contribution in [2.75, 3.05) is 25.1 Å². The van der Waals surface area contributed by atoms with Gasteiger partial charge in [0.15, 0.2) is 0 Å². The average Bonchev–Trinajstić information content (AvgIpc) is 2.88. The summed E-state index contributed by atoms with van der Waals surface area (Å²) in [6, 6.07) is 9.53. The van der Waals surface area contributed by atoms with Gasteiger partial charge < -0.3 is 20.3 Å². The number of amides is 2. The molecule has 1 heterocycles. The standard InChI is InChI=1S/C25H25ClN4O4/c1-4-34-22(32)11-15(2)30-14-21(31)29(3)23-19(25(30)33)12-17(13-20(23)26)6-5-16-7-9-18(10-8-16)24(27)28/h7-10,12-13,15H,4,11,14H2,1-3H3,(H3,27,28)/t15-/m0/s1. The number of amidine groups is 1. The number of esters is 1. The Kier molecular flexibility index (Phi) is 7.59. The number of nitrogen functional groups attached to an aromatic ring is 1. The molecule has 176 valence electrons. The Labute approximate surface area is 203 Å². The van der Waals surface area contributed by atoms with Gasteiger partial charge in [-0.1, -0.05) is 35.6 Å². The van der Waals surface area contributed by atoms with Crippen LogP contribution in [0, 0.1) is 17.3 Å². The molecular formula is C25H25ClN4O4. The van der Waals surface area contributed by atoms with E-state index < -0.39 is 17.9 Å². The minimum Gasteiger partial charge on any atom is -0.466 e. The zero-order chi connectivity index (χ0) is 25.0. The number of nitrogens with zero attached hydrogens (tertiary/aromatic N) is 2. The zero-order valence-electron chi connectivity index (χ0n) is 19.1. The second-order valence-corrected chi connectivity index (χ2v) is 8.25. The number of hydrogen-bond acceptors (Lipinski definition) is 5. The molecule has 0 saturated carbocycles. The molecule has 0 fully saturated rings. The van der Waals surface area contributed by atoms with Gasteiger partial charge in [0.2, 0.25) is 5.91 Å². The van der Waals surface area contributed by atoms with Crippen molar-refractivity contribution >= 4 is 40.9 Å². The second-order valence-electron chi connectivity index (χ2n) is 7.84. The number of carbonyl (C=O) groups excluding carboxylic acids is 3. The maximum absolute atomic E-state index is 13.4. The number of likely N-dealkylation sites (N-methyl/N-ethyl adjacent to an activating group) is 1. The summed E-state index contributed by atoms with van der Waals surface area (Å²) in [7, 11) is 1.56. The Hall–Kier alpha value is -3.83. The van der Waals surface area contributed by atoms with Crippen molar-refractivity contribution in [1.29, 1.82) is 5.41 Å². The van der Waals surface area contributed by atoms with Crippen molar-refractivity contribution in [3.05, 3.63) is 63.7 Å². The van der Waals surface area contributed by atoms with Gasteiger partial charge in [-0.15, -0.1) is 0 Å². The molecule has 1 aliphatic rings. The smallest absolute Gasteiger partial charge is 0.307 e. The van der Waals surface area contributed by atoms with Crippen LogP contribution in [0.2, 0.25) is 5.02 Å². The number of ether oxygens (including phenoxy) is 1. The largest absolute Gasteiger partial charge is 0.466 e. The Bertz CT molecular complexity index is 1210. The van der Waals surface area contributed by atoms with Gasteiger partial charge in [0, 0.05) is 29.8 Å². The number of hydrogen-bond donors (Lipinski definition) is 2. The van der Waals surface area contributed by atoms with E-state index in [1.165, 1.54) is 9.80 Å². The highest BCUT2D eigenvalue weighted by Crippen LogP contribution is 2.34. The summed E-state index contributed by atoms with van der Waals surface area (Å²) < 4.78 is 4.99. The Morgan fingerprint density at radius 1 is 1.21 bits per heavy atom. The van der Waals surface area contributed by atoms with E-state index in [1.807, 2.05) is 0 Å². The van der Waals surface area contributed by atoms with Crippen molar-refractivity contribution < 1.29 is 19.1 Å². The average molecular weight is 481 g/mol. The fourth-order valence-corrected chi connectivity index (χ4v) is 3.93. The van der Waals surface area contributed by atoms with Crippen LogP contribution in [0.25, 0.3) is 0 Å². The monoisotopic (exact) mass is 480 g/mol. The fraction of sp³-hybridized carbons (Fsp3) is 0.280. The quantitative estimate of drug-likeness (QED) is 0.295. The lowest BCUT2D eigenvalue weighted by molar-refractivity contribution is -0.144. The van der Waals surface area contributed by atoms with Crippen LogP contribution in [0.5, 0.6) is 0 Å². The van der Waals surface area contributed by atoms with Crippen LogP contribution in [0.15, 0.2) is 36.4 Å². The SMILES string of the molecule is CCOC(=O)C[C@H](C)N1CC(=O)N(C)c2c(Cl)cc(C#Cc3ccc(C(=N)N)cc3)cc2C1=O. The van der Waals surface area contributed by atoms with Crippen LogP contribution in [0.4, 0.5) is 5.69 Å². The van der Waals surface area contributed by atoms with Crippen LogP contribution in [0.1, 0.15) is 47.3 Å². The number of anilines is 1. The van der Waals surface area contributed by atoms with Gasteiger partial charge >= 0.3 is 5.97 Å². The summed E-state index contributed by atoms with van der Waals surface area (Å²) in [5.74, 6) is 4.78. The molecule has 0 aliphatic carbocycles. The fourth-order valence-electron chi connectivity index (χ4n) is 3.58. The first-order valence-corrected chi connectivity index (χ1v) is 11.0. The van der Waals surface area contributed by atoms with E-state index in [9.17, 15) is 14.4 Å². The molecule has 0 radical (unpaired) electrons. The number of carbonyl (C=O) groups is 3. The van der Waals surface area contributed by atoms with Gasteiger partial charge in [0.1, 0.15) is 12.4 Å². The molecule has 0 aromatic heterocycles. The molecule has 0 bridgehead atoms. The maximum Gasteiger partial charge on any atom is 0.307 e. The lowest BCUT2D eigenvalue weighted by atomic mass is 10.0. The molecule has 0 spiro atoms. The summed E-state index contributed by atoms with van der Waals surface area (Å²) >= 11 is 6.49. The predicted octanol–water partition coefficient (Wildman–Crippen LogP) is 2.78. The van der Waals surface area contributed by atoms with Gasteiger partial charge in [-0.05, 0) is 38.1 Å². The van der Waals surface area contributed by atoms with Crippen molar-refractivity contribution in [3.8, 4) is 11.8 Å². The summed E-state index contributed by atoms with van der Waals surface area (Å²) in [5, 5.41) is 7.68. The molecule has 1 atom stereocenters. The molecule has 9 heteroatoms. The third-order valence-corrected chi connectivity index (χ3v) is 5.70. The van der Waals surface area contributed by atoms with Gasteiger partial charge in [-0.3, -0.25) is 19.8 Å². The summed E-state index contributed by atoms with van der Waals surface area (Å²) in [6.45, 7) is 3.45. The van der Waals surface area contributed by atoms with E-state index >= 15 is 0 Å². The van der Waals surface area contributed by atoms with Crippen LogP contribution in [0.3, 0.4) is 0 Å². The molecule has 2 aromatic rings. The van der Waals surface area contributed by atoms with Gasteiger partial charge in [0.25, 0.3) is 5.91 Å². The topological polar surface area (TPSA) is 117 Å². The molecule has 0 unspecified atom stereocenters. The van der Waals surface area contributed by atoms with Crippen LogP contribution >= 0.6 is 11.6 Å². The highest BCUT2D eigenvalue weighted by Gasteiger charge is 2.34. The molecule has 1 aliphatic heterocycles. The highest BCUT2D eigenvalue weighted by molar-refractivity contribution is 6.35. The van der Waals surface area contributed by atoms with E-state index in [0.717, 1.165) is 0 Å². The Balaban J connectivity index is 1.97. The van der Waals surface area contributed by atoms with Crippen LogP contribution in [-0.2, 0) is 14.3 Å². The number of rotatable bonds is 5. The summed E-state index contributed by atoms with van der Waals surface area (Å²) in [6.07, 6.45) is -0.0323. The van der Waals surface area contributed by atoms with E-state index in [4.69, 9.17) is 27.5 Å². The normalized spacial score (nSPS) is 14.0. The first-order chi connectivity index (χ1) is 16.1. The number of nitrogens with two attached hydrogens (primary N) is 1. The first-order valence-electron chi connectivity index (χ1n) is 10.7. The minimum absolute atomic E-state index is 0.0315. The van der Waals surface area contributed by atoms with Crippen molar-refractivity contribution in [2.45, 2.75) is 26.3 Å². The lowest BCUT2D eigenvalue weighted by Gasteiger charge is -2.26. The molecule has 3 N–H and O–H groups in total. The van der Waals surface area contributed by atoms with Gasteiger partial charge in [-0.25, -0.2) is 0 Å². The summed E-state index contributed by atoms with van der Waals surface area (Å²) in [4.78, 5) is 40.9. The highest BCUT2D eigenvalue weighted by atomic mass is 35.5. The lowest BCUT2D eigenvalue weighted by Crippen LogP contribution is -2.44. The van der Waals surface area contributed by atoms with E-state index in [0.29, 0.717) is 22.4 Å². The van der Waals surface area contributed by atoms with Crippen molar-refractivity contribution in [3.63, 3.8) is 0 Å². The molecule has 2 amide bonds. The third kappa shape index (κ3) is 5.38. The third-order valence-electron chi connectivity index (χ3n) is 5.42. The number of benzene rings is 2. The van der Waals surface area contributed by atoms with Gasteiger partial charge in [-0.2, -0.15) is 0 Å². The molecular weight excluding hydrogens is 456 g/mol. The first kappa shape index (κ1) is 24.8. The second kappa shape index (κ2) is 10.4. The zero-order valence-corrected chi connectivity index (χ0v) is 19.9. The Morgan fingerprint density at radius 2 is 1.85 bits per heavy atom. The molecule has 34 heavy (non-hydrogen) atoms. The summed E-state index contributed by atoms with van der Waals surface area (Å²) in [5.41, 5.74) is 7.79. The van der Waals surface area contributed by atoms with E-state index in [1.54, 1.807) is 57.3 Å². The van der Waals surface area contributed by atoms with Crippen LogP contribution in [-0.4, -0.2) is 54.8 Å². The van der Waals surface area contributed by atoms with Crippen molar-refractivity contribution in [2.24, 2.45) is 5.73 Å². The van der Waals surface area contributed by atoms with E-state index in [2.05, 4.69) is 11.8 Å². The molecule has 3 rings (SSSR count).